The first-order chi connectivity index (χ1) is 12.7. The van der Waals surface area contributed by atoms with Crippen LogP contribution in [0.3, 0.4) is 0 Å². The van der Waals surface area contributed by atoms with E-state index in [1.165, 1.54) is 0 Å². The molecule has 0 heterocycles. The van der Waals surface area contributed by atoms with Crippen LogP contribution in [0.2, 0.25) is 18.1 Å². The molecule has 3 nitrogen and oxygen atoms in total. The summed E-state index contributed by atoms with van der Waals surface area (Å²) in [5.74, 6) is 2.85. The molecule has 164 valence electrons. The molecule has 2 aliphatic carbocycles. The van der Waals surface area contributed by atoms with Crippen LogP contribution in [-0.2, 0) is 14.0 Å². The van der Waals surface area contributed by atoms with Crippen molar-refractivity contribution >= 4 is 14.1 Å². The molecule has 2 saturated carbocycles. The van der Waals surface area contributed by atoms with Crippen LogP contribution in [0.5, 0.6) is 0 Å². The minimum Gasteiger partial charge on any atom is -0.412 e. The van der Waals surface area contributed by atoms with E-state index in [1.807, 2.05) is 0 Å². The van der Waals surface area contributed by atoms with Crippen LogP contribution < -0.4 is 0 Å². The lowest BCUT2D eigenvalue weighted by Crippen LogP contribution is -2.50. The second-order valence-electron chi connectivity index (χ2n) is 11.8. The summed E-state index contributed by atoms with van der Waals surface area (Å²) in [5.41, 5.74) is -0.199. The molecular formula is C24H46O3Si. The summed E-state index contributed by atoms with van der Waals surface area (Å²) in [7, 11) is -1.82. The van der Waals surface area contributed by atoms with Gasteiger partial charge in [-0.3, -0.25) is 4.79 Å². The van der Waals surface area contributed by atoms with Crippen LogP contribution >= 0.6 is 0 Å². The van der Waals surface area contributed by atoms with Crippen molar-refractivity contribution in [3.63, 3.8) is 0 Å². The van der Waals surface area contributed by atoms with Gasteiger partial charge in [-0.15, -0.1) is 0 Å². The highest BCUT2D eigenvalue weighted by atomic mass is 28.4. The molecular weight excluding hydrogens is 364 g/mol. The maximum atomic E-state index is 12.3. The first kappa shape index (κ1) is 24.1. The van der Waals surface area contributed by atoms with Gasteiger partial charge in [0.2, 0.25) is 0 Å². The summed E-state index contributed by atoms with van der Waals surface area (Å²) in [6.07, 6.45) is 4.29. The van der Waals surface area contributed by atoms with E-state index in [4.69, 9.17) is 9.16 Å². The number of rotatable bonds is 7. The van der Waals surface area contributed by atoms with Gasteiger partial charge in [0.1, 0.15) is 5.78 Å². The van der Waals surface area contributed by atoms with Gasteiger partial charge < -0.3 is 9.16 Å². The molecule has 6 atom stereocenters. The van der Waals surface area contributed by atoms with E-state index >= 15 is 0 Å². The smallest absolute Gasteiger partial charge is 0.192 e. The Balaban J connectivity index is 1.94. The second-order valence-corrected chi connectivity index (χ2v) is 16.5. The standard InChI is InChI=1S/C24H46O3Si/c1-16-11-14-21(25)20-13-12-19(22(16)20)18(3)26-15-17(2)24(7,8)27-28(9,10)23(4,5)6/h16-20,22H,11-15H2,1-10H3/t16-,17-,18?,19?,20?,22?/m0/s1. The number of fused-ring (bicyclic) bond motifs is 1. The van der Waals surface area contributed by atoms with Gasteiger partial charge in [0.15, 0.2) is 8.32 Å². The van der Waals surface area contributed by atoms with Crippen molar-refractivity contribution in [3.8, 4) is 0 Å². The number of hydrogen-bond donors (Lipinski definition) is 0. The van der Waals surface area contributed by atoms with E-state index in [0.717, 1.165) is 32.3 Å². The van der Waals surface area contributed by atoms with Crippen LogP contribution in [0.1, 0.15) is 81.1 Å². The molecule has 0 amide bonds. The predicted octanol–water partition coefficient (Wildman–Crippen LogP) is 6.47. The molecule has 0 aliphatic heterocycles. The molecule has 2 rings (SSSR count). The van der Waals surface area contributed by atoms with Gasteiger partial charge in [-0.1, -0.05) is 34.6 Å². The first-order valence-corrected chi connectivity index (χ1v) is 14.4. The molecule has 0 saturated heterocycles. The summed E-state index contributed by atoms with van der Waals surface area (Å²) in [6, 6.07) is 0. The quantitative estimate of drug-likeness (QED) is 0.451. The van der Waals surface area contributed by atoms with E-state index in [9.17, 15) is 4.79 Å². The SMILES string of the molecule is CC(OC[C@H](C)C(C)(C)O[Si](C)(C)C(C)(C)C)C1CCC2C(=O)CC[C@H](C)C21. The fraction of sp³-hybridized carbons (Fsp3) is 0.958. The molecule has 2 aliphatic rings. The lowest BCUT2D eigenvalue weighted by atomic mass is 9.70. The second kappa shape index (κ2) is 8.51. The number of ether oxygens (including phenoxy) is 1. The molecule has 0 bridgehead atoms. The zero-order chi connectivity index (χ0) is 21.5. The van der Waals surface area contributed by atoms with E-state index in [-0.39, 0.29) is 16.7 Å². The highest BCUT2D eigenvalue weighted by Crippen LogP contribution is 2.49. The van der Waals surface area contributed by atoms with Gasteiger partial charge in [0.25, 0.3) is 0 Å². The van der Waals surface area contributed by atoms with Crippen LogP contribution in [0.4, 0.5) is 0 Å². The Morgan fingerprint density at radius 3 is 2.25 bits per heavy atom. The number of carbonyl (C=O) groups is 1. The largest absolute Gasteiger partial charge is 0.412 e. The monoisotopic (exact) mass is 410 g/mol. The Bertz CT molecular complexity index is 549. The van der Waals surface area contributed by atoms with Gasteiger partial charge >= 0.3 is 0 Å². The van der Waals surface area contributed by atoms with Crippen molar-refractivity contribution < 1.29 is 14.0 Å². The number of ketones is 1. The van der Waals surface area contributed by atoms with E-state index in [0.29, 0.717) is 35.4 Å². The van der Waals surface area contributed by atoms with Gasteiger partial charge in [0.05, 0.1) is 18.3 Å². The highest BCUT2D eigenvalue weighted by Gasteiger charge is 2.48. The van der Waals surface area contributed by atoms with Crippen molar-refractivity contribution in [1.29, 1.82) is 0 Å². The summed E-state index contributed by atoms with van der Waals surface area (Å²) in [4.78, 5) is 12.3. The highest BCUT2D eigenvalue weighted by molar-refractivity contribution is 6.74. The number of carbonyl (C=O) groups excluding carboxylic acids is 1. The summed E-state index contributed by atoms with van der Waals surface area (Å²) in [6.45, 7) is 23.5. The third-order valence-electron chi connectivity index (χ3n) is 8.41. The zero-order valence-corrected chi connectivity index (χ0v) is 21.2. The van der Waals surface area contributed by atoms with Crippen molar-refractivity contribution in [1.82, 2.24) is 0 Å². The van der Waals surface area contributed by atoms with Crippen molar-refractivity contribution in [3.05, 3.63) is 0 Å². The van der Waals surface area contributed by atoms with Crippen LogP contribution in [0.25, 0.3) is 0 Å². The molecule has 28 heavy (non-hydrogen) atoms. The molecule has 0 aromatic carbocycles. The zero-order valence-electron chi connectivity index (χ0n) is 20.2. The Hall–Kier alpha value is -0.193. The Kier molecular flexibility index (Phi) is 7.32. The van der Waals surface area contributed by atoms with Gasteiger partial charge in [0, 0.05) is 18.3 Å². The first-order valence-electron chi connectivity index (χ1n) is 11.5. The lowest BCUT2D eigenvalue weighted by Gasteiger charge is -2.45. The van der Waals surface area contributed by atoms with Crippen LogP contribution in [-0.4, -0.2) is 32.4 Å². The fourth-order valence-corrected chi connectivity index (χ4v) is 6.90. The lowest BCUT2D eigenvalue weighted by molar-refractivity contribution is -0.128. The third kappa shape index (κ3) is 5.10. The molecule has 4 unspecified atom stereocenters. The summed E-state index contributed by atoms with van der Waals surface area (Å²) < 4.78 is 13.2. The normalized spacial score (nSPS) is 31.6. The van der Waals surface area contributed by atoms with Gasteiger partial charge in [-0.05, 0) is 75.9 Å². The Morgan fingerprint density at radius 2 is 1.68 bits per heavy atom. The molecule has 0 aromatic rings. The van der Waals surface area contributed by atoms with Crippen molar-refractivity contribution in [2.24, 2.45) is 29.6 Å². The minimum absolute atomic E-state index is 0.199. The Morgan fingerprint density at radius 1 is 1.07 bits per heavy atom. The third-order valence-corrected chi connectivity index (χ3v) is 13.1. The van der Waals surface area contributed by atoms with Crippen molar-refractivity contribution in [2.75, 3.05) is 6.61 Å². The molecule has 0 N–H and O–H groups in total. The average molecular weight is 411 g/mol. The topological polar surface area (TPSA) is 35.5 Å². The van der Waals surface area contributed by atoms with E-state index < -0.39 is 8.32 Å². The molecule has 0 spiro atoms. The number of hydrogen-bond acceptors (Lipinski definition) is 3. The van der Waals surface area contributed by atoms with E-state index in [1.54, 1.807) is 0 Å². The Labute approximate surface area is 175 Å². The summed E-state index contributed by atoms with van der Waals surface area (Å²) in [5, 5.41) is 0.209. The molecule has 0 radical (unpaired) electrons. The molecule has 0 aromatic heterocycles. The van der Waals surface area contributed by atoms with Gasteiger partial charge in [-0.25, -0.2) is 0 Å². The van der Waals surface area contributed by atoms with E-state index in [2.05, 4.69) is 68.5 Å². The maximum absolute atomic E-state index is 12.3. The van der Waals surface area contributed by atoms with Crippen LogP contribution in [0, 0.1) is 29.6 Å². The molecule has 2 fully saturated rings. The predicted molar refractivity (Wildman–Crippen MR) is 120 cm³/mol. The number of Topliss-reactive ketones (excluding diaryl/α,β-unsaturated/α-hetero) is 1. The van der Waals surface area contributed by atoms with Crippen LogP contribution in [0.15, 0.2) is 0 Å². The summed E-state index contributed by atoms with van der Waals surface area (Å²) >= 11 is 0. The van der Waals surface area contributed by atoms with Gasteiger partial charge in [-0.2, -0.15) is 0 Å². The maximum Gasteiger partial charge on any atom is 0.192 e. The molecule has 4 heteroatoms. The van der Waals surface area contributed by atoms with Crippen molar-refractivity contribution in [2.45, 2.75) is 111 Å². The fourth-order valence-electron chi connectivity index (χ4n) is 5.08. The minimum atomic E-state index is -1.82. The average Bonchev–Trinajstić information content (AvgIpc) is 3.00.